The summed E-state index contributed by atoms with van der Waals surface area (Å²) in [6.07, 6.45) is 2.25. The molecule has 1 aromatic heterocycles. The standard InChI is InChI=1S/C18H25NO2S/c1-2-8-18(13-20)12-19(9-7-17(18)21)11-15-10-14-5-3-4-6-16(14)22-15/h3-6,10,17,20-21H,2,7-9,11-13H2,1H3/t17-,18+/m1/s1. The number of rotatable bonds is 5. The van der Waals surface area contributed by atoms with Crippen LogP contribution in [0, 0.1) is 5.41 Å². The lowest BCUT2D eigenvalue weighted by Gasteiger charge is -2.45. The van der Waals surface area contributed by atoms with Crippen LogP contribution in [0.3, 0.4) is 0 Å². The topological polar surface area (TPSA) is 43.7 Å². The summed E-state index contributed by atoms with van der Waals surface area (Å²) in [4.78, 5) is 3.75. The first-order chi connectivity index (χ1) is 10.7. The third-order valence-electron chi connectivity index (χ3n) is 4.88. The maximum atomic E-state index is 10.4. The zero-order chi connectivity index (χ0) is 15.6. The van der Waals surface area contributed by atoms with Crippen molar-refractivity contribution >= 4 is 21.4 Å². The van der Waals surface area contributed by atoms with E-state index in [1.807, 2.05) is 11.3 Å². The van der Waals surface area contributed by atoms with Crippen molar-refractivity contribution < 1.29 is 10.2 Å². The molecule has 22 heavy (non-hydrogen) atoms. The number of hydrogen-bond acceptors (Lipinski definition) is 4. The summed E-state index contributed by atoms with van der Waals surface area (Å²) in [7, 11) is 0. The number of thiophene rings is 1. The van der Waals surface area contributed by atoms with Crippen LogP contribution in [0.15, 0.2) is 30.3 Å². The van der Waals surface area contributed by atoms with Crippen molar-refractivity contribution in [2.75, 3.05) is 19.7 Å². The molecule has 4 heteroatoms. The first-order valence-electron chi connectivity index (χ1n) is 8.15. The molecule has 2 atom stereocenters. The Morgan fingerprint density at radius 2 is 2.18 bits per heavy atom. The van der Waals surface area contributed by atoms with Gasteiger partial charge >= 0.3 is 0 Å². The molecule has 0 amide bonds. The Kier molecular flexibility index (Phi) is 4.83. The molecule has 2 heterocycles. The molecule has 1 aromatic carbocycles. The lowest BCUT2D eigenvalue weighted by molar-refractivity contribution is -0.0817. The number of fused-ring (bicyclic) bond motifs is 1. The highest BCUT2D eigenvalue weighted by atomic mass is 32.1. The molecule has 2 N–H and O–H groups in total. The average molecular weight is 319 g/mol. The maximum absolute atomic E-state index is 10.4. The molecule has 1 fully saturated rings. The molecule has 0 unspecified atom stereocenters. The van der Waals surface area contributed by atoms with Crippen LogP contribution < -0.4 is 0 Å². The van der Waals surface area contributed by atoms with Gasteiger partial charge in [-0.25, -0.2) is 0 Å². The Hall–Kier alpha value is -0.940. The Bertz CT molecular complexity index is 593. The second kappa shape index (κ2) is 6.67. The first kappa shape index (κ1) is 15.9. The van der Waals surface area contributed by atoms with E-state index in [2.05, 4.69) is 42.2 Å². The van der Waals surface area contributed by atoms with Crippen LogP contribution in [0.2, 0.25) is 0 Å². The molecule has 2 aromatic rings. The summed E-state index contributed by atoms with van der Waals surface area (Å²) in [5, 5.41) is 21.5. The summed E-state index contributed by atoms with van der Waals surface area (Å²) < 4.78 is 1.33. The third kappa shape index (κ3) is 3.06. The van der Waals surface area contributed by atoms with E-state index in [0.717, 1.165) is 38.9 Å². The predicted molar refractivity (Wildman–Crippen MR) is 92.2 cm³/mol. The van der Waals surface area contributed by atoms with Crippen LogP contribution in [0.4, 0.5) is 0 Å². The molecule has 0 bridgehead atoms. The monoisotopic (exact) mass is 319 g/mol. The van der Waals surface area contributed by atoms with Gasteiger partial charge in [0.25, 0.3) is 0 Å². The second-order valence-corrected chi connectivity index (χ2v) is 7.70. The van der Waals surface area contributed by atoms with E-state index in [1.165, 1.54) is 15.0 Å². The molecule has 0 aliphatic carbocycles. The highest BCUT2D eigenvalue weighted by Gasteiger charge is 2.41. The molecule has 1 saturated heterocycles. The van der Waals surface area contributed by atoms with Gasteiger partial charge in [-0.05, 0) is 30.4 Å². The summed E-state index contributed by atoms with van der Waals surface area (Å²) in [5.74, 6) is 0. The van der Waals surface area contributed by atoms with E-state index in [4.69, 9.17) is 0 Å². The van der Waals surface area contributed by atoms with Gasteiger partial charge in [0.1, 0.15) is 0 Å². The molecular weight excluding hydrogens is 294 g/mol. The van der Waals surface area contributed by atoms with Gasteiger partial charge in [0.2, 0.25) is 0 Å². The largest absolute Gasteiger partial charge is 0.396 e. The van der Waals surface area contributed by atoms with Gasteiger partial charge in [-0.15, -0.1) is 11.3 Å². The Balaban J connectivity index is 1.74. The number of piperidine rings is 1. The first-order valence-corrected chi connectivity index (χ1v) is 8.97. The lowest BCUT2D eigenvalue weighted by Crippen LogP contribution is -2.53. The number of nitrogens with zero attached hydrogens (tertiary/aromatic N) is 1. The molecule has 0 saturated carbocycles. The average Bonchev–Trinajstić information content (AvgIpc) is 2.93. The molecule has 1 aliphatic heterocycles. The normalized spacial score (nSPS) is 26.6. The smallest absolute Gasteiger partial charge is 0.0642 e. The van der Waals surface area contributed by atoms with Gasteiger partial charge in [0.05, 0.1) is 12.7 Å². The lowest BCUT2D eigenvalue weighted by atomic mass is 9.74. The zero-order valence-electron chi connectivity index (χ0n) is 13.2. The van der Waals surface area contributed by atoms with Crippen molar-refractivity contribution in [1.82, 2.24) is 4.90 Å². The SMILES string of the molecule is CCC[C@@]1(CO)CN(Cc2cc3ccccc3s2)CC[C@H]1O. The molecule has 3 nitrogen and oxygen atoms in total. The van der Waals surface area contributed by atoms with Crippen LogP contribution in [0.5, 0.6) is 0 Å². The van der Waals surface area contributed by atoms with E-state index in [9.17, 15) is 10.2 Å². The number of aliphatic hydroxyl groups excluding tert-OH is 2. The Morgan fingerprint density at radius 3 is 2.91 bits per heavy atom. The van der Waals surface area contributed by atoms with Crippen molar-refractivity contribution in [1.29, 1.82) is 0 Å². The molecule has 0 radical (unpaired) electrons. The quantitative estimate of drug-likeness (QED) is 0.889. The third-order valence-corrected chi connectivity index (χ3v) is 5.98. The highest BCUT2D eigenvalue weighted by molar-refractivity contribution is 7.19. The van der Waals surface area contributed by atoms with E-state index in [-0.39, 0.29) is 18.1 Å². The molecule has 0 spiro atoms. The molecule has 120 valence electrons. The van der Waals surface area contributed by atoms with Gasteiger partial charge < -0.3 is 10.2 Å². The Labute approximate surface area is 136 Å². The summed E-state index contributed by atoms with van der Waals surface area (Å²) in [6, 6.07) is 10.8. The van der Waals surface area contributed by atoms with Crippen LogP contribution >= 0.6 is 11.3 Å². The van der Waals surface area contributed by atoms with Crippen LogP contribution in [0.1, 0.15) is 31.1 Å². The highest BCUT2D eigenvalue weighted by Crippen LogP contribution is 2.36. The van der Waals surface area contributed by atoms with Crippen LogP contribution in [0.25, 0.3) is 10.1 Å². The van der Waals surface area contributed by atoms with E-state index in [0.29, 0.717) is 0 Å². The van der Waals surface area contributed by atoms with Crippen molar-refractivity contribution in [2.45, 2.75) is 38.8 Å². The van der Waals surface area contributed by atoms with Gasteiger partial charge in [-0.2, -0.15) is 0 Å². The van der Waals surface area contributed by atoms with Gasteiger partial charge in [-0.1, -0.05) is 31.5 Å². The second-order valence-electron chi connectivity index (χ2n) is 6.54. The van der Waals surface area contributed by atoms with Gasteiger partial charge in [-0.3, -0.25) is 4.90 Å². The van der Waals surface area contributed by atoms with Crippen molar-refractivity contribution in [2.24, 2.45) is 5.41 Å². The molecular formula is C18H25NO2S. The fraction of sp³-hybridized carbons (Fsp3) is 0.556. The Morgan fingerprint density at radius 1 is 1.36 bits per heavy atom. The molecule has 1 aliphatic rings. The van der Waals surface area contributed by atoms with Crippen molar-refractivity contribution in [3.05, 3.63) is 35.2 Å². The minimum Gasteiger partial charge on any atom is -0.396 e. The van der Waals surface area contributed by atoms with Crippen molar-refractivity contribution in [3.8, 4) is 0 Å². The minimum absolute atomic E-state index is 0.0743. The molecule has 3 rings (SSSR count). The van der Waals surface area contributed by atoms with Crippen LogP contribution in [-0.2, 0) is 6.54 Å². The van der Waals surface area contributed by atoms with E-state index in [1.54, 1.807) is 0 Å². The summed E-state index contributed by atoms with van der Waals surface area (Å²) in [6.45, 7) is 4.80. The van der Waals surface area contributed by atoms with Crippen LogP contribution in [-0.4, -0.2) is 40.9 Å². The van der Waals surface area contributed by atoms with E-state index >= 15 is 0 Å². The number of benzene rings is 1. The number of hydrogen-bond donors (Lipinski definition) is 2. The minimum atomic E-state index is -0.379. The zero-order valence-corrected chi connectivity index (χ0v) is 14.0. The van der Waals surface area contributed by atoms with Crippen molar-refractivity contribution in [3.63, 3.8) is 0 Å². The van der Waals surface area contributed by atoms with Gasteiger partial charge in [0, 0.05) is 34.6 Å². The number of likely N-dealkylation sites (tertiary alicyclic amines) is 1. The summed E-state index contributed by atoms with van der Waals surface area (Å²) in [5.41, 5.74) is -0.344. The number of aliphatic hydroxyl groups is 2. The van der Waals surface area contributed by atoms with Gasteiger partial charge in [0.15, 0.2) is 0 Å². The fourth-order valence-electron chi connectivity index (χ4n) is 3.69. The predicted octanol–water partition coefficient (Wildman–Crippen LogP) is 3.25. The fourth-order valence-corrected chi connectivity index (χ4v) is 4.80. The van der Waals surface area contributed by atoms with E-state index < -0.39 is 0 Å². The maximum Gasteiger partial charge on any atom is 0.0642 e. The summed E-state index contributed by atoms with van der Waals surface area (Å²) >= 11 is 1.85.